The van der Waals surface area contributed by atoms with Gasteiger partial charge in [-0.3, -0.25) is 0 Å². The van der Waals surface area contributed by atoms with Crippen LogP contribution in [0.3, 0.4) is 0 Å². The van der Waals surface area contributed by atoms with E-state index in [1.165, 1.54) is 0 Å². The molecule has 0 spiro atoms. The quantitative estimate of drug-likeness (QED) is 0.589. The van der Waals surface area contributed by atoms with Gasteiger partial charge in [-0.1, -0.05) is 63.2 Å². The number of halogens is 4. The lowest BCUT2D eigenvalue weighted by molar-refractivity contribution is 1.43. The van der Waals surface area contributed by atoms with Crippen LogP contribution in [0.1, 0.15) is 0 Å². The Hall–Kier alpha value is 1.50. The van der Waals surface area contributed by atoms with Crippen LogP contribution in [0.5, 0.6) is 0 Å². The van der Waals surface area contributed by atoms with Gasteiger partial charge >= 0.3 is 0 Å². The lowest BCUT2D eigenvalue weighted by Gasteiger charge is -2.13. The molecule has 0 aromatic heterocycles. The molecular formula is C5H4Cl4P2. The minimum atomic E-state index is -1.08. The third kappa shape index (κ3) is 2.73. The molecule has 6 heteroatoms. The van der Waals surface area contributed by atoms with Crippen molar-refractivity contribution in [1.29, 1.82) is 0 Å². The number of hydrogen-bond donors (Lipinski definition) is 0. The van der Waals surface area contributed by atoms with Crippen LogP contribution in [0.2, 0.25) is 0 Å². The maximum Gasteiger partial charge on any atom is 0.113 e. The van der Waals surface area contributed by atoms with Gasteiger partial charge < -0.3 is 0 Å². The smallest absolute Gasteiger partial charge is 0.0771 e. The fourth-order valence-electron chi connectivity index (χ4n) is 0.778. The standard InChI is InChI=1S/C5H4Cl4P2/c6-10(7)4-2-1-3-5(4)11(8)9/h1-4H/t4-/m1/s1. The molecule has 0 heterocycles. The van der Waals surface area contributed by atoms with Gasteiger partial charge in [0.15, 0.2) is 0 Å². The lowest BCUT2D eigenvalue weighted by Crippen LogP contribution is -1.93. The van der Waals surface area contributed by atoms with Gasteiger partial charge in [0.1, 0.15) is 6.63 Å². The van der Waals surface area contributed by atoms with Crippen molar-refractivity contribution in [3.63, 3.8) is 0 Å². The summed E-state index contributed by atoms with van der Waals surface area (Å²) >= 11 is 23.0. The van der Waals surface area contributed by atoms with E-state index in [0.717, 1.165) is 5.31 Å². The van der Waals surface area contributed by atoms with Crippen molar-refractivity contribution >= 4 is 58.2 Å². The zero-order chi connectivity index (χ0) is 8.43. The van der Waals surface area contributed by atoms with Crippen LogP contribution in [0.15, 0.2) is 23.5 Å². The molecule has 11 heavy (non-hydrogen) atoms. The van der Waals surface area contributed by atoms with Crippen LogP contribution in [-0.2, 0) is 0 Å². The van der Waals surface area contributed by atoms with Gasteiger partial charge in [-0.2, -0.15) is 0 Å². The highest BCUT2D eigenvalue weighted by molar-refractivity contribution is 8.09. The van der Waals surface area contributed by atoms with E-state index >= 15 is 0 Å². The average Bonchev–Trinajstić information content (AvgIpc) is 2.32. The van der Waals surface area contributed by atoms with E-state index in [2.05, 4.69) is 0 Å². The van der Waals surface area contributed by atoms with E-state index in [1.54, 1.807) is 0 Å². The number of rotatable bonds is 2. The summed E-state index contributed by atoms with van der Waals surface area (Å²) in [7, 11) is 0. The monoisotopic (exact) mass is 266 g/mol. The van der Waals surface area contributed by atoms with Crippen molar-refractivity contribution in [1.82, 2.24) is 0 Å². The topological polar surface area (TPSA) is 0 Å². The van der Waals surface area contributed by atoms with Crippen molar-refractivity contribution in [3.05, 3.63) is 23.5 Å². The zero-order valence-electron chi connectivity index (χ0n) is 5.22. The summed E-state index contributed by atoms with van der Waals surface area (Å²) in [5, 5.41) is 0.958. The first-order chi connectivity index (χ1) is 5.13. The predicted molar refractivity (Wildman–Crippen MR) is 58.3 cm³/mol. The molecule has 0 unspecified atom stereocenters. The maximum atomic E-state index is 5.75. The van der Waals surface area contributed by atoms with Crippen molar-refractivity contribution in [2.75, 3.05) is 0 Å². The Morgan fingerprint density at radius 3 is 2.18 bits per heavy atom. The van der Waals surface area contributed by atoms with Gasteiger partial charge in [-0.15, -0.1) is 0 Å². The maximum absolute atomic E-state index is 5.75. The van der Waals surface area contributed by atoms with Gasteiger partial charge in [0.05, 0.1) is 12.3 Å². The molecule has 0 aromatic carbocycles. The SMILES string of the molecule is ClP(Cl)C1=CC=C[C@H]1P(Cl)Cl. The van der Waals surface area contributed by atoms with Crippen LogP contribution in [-0.4, -0.2) is 5.66 Å². The third-order valence-electron chi connectivity index (χ3n) is 1.27. The molecule has 0 fully saturated rings. The molecule has 0 radical (unpaired) electrons. The van der Waals surface area contributed by atoms with Crippen molar-refractivity contribution < 1.29 is 0 Å². The van der Waals surface area contributed by atoms with Gasteiger partial charge in [0.2, 0.25) is 0 Å². The Morgan fingerprint density at radius 1 is 1.18 bits per heavy atom. The van der Waals surface area contributed by atoms with Crippen LogP contribution in [0, 0.1) is 0 Å². The Bertz CT molecular complexity index is 199. The van der Waals surface area contributed by atoms with Crippen LogP contribution < -0.4 is 0 Å². The van der Waals surface area contributed by atoms with Gasteiger partial charge in [-0.05, 0) is 5.31 Å². The average molecular weight is 268 g/mol. The first kappa shape index (κ1) is 10.6. The molecule has 62 valence electrons. The van der Waals surface area contributed by atoms with Crippen LogP contribution in [0.25, 0.3) is 0 Å². The molecule has 0 aromatic rings. The first-order valence-corrected chi connectivity index (χ1v) is 9.11. The minimum absolute atomic E-state index is 0.0643. The van der Waals surface area contributed by atoms with Gasteiger partial charge in [0, 0.05) is 0 Å². The highest BCUT2D eigenvalue weighted by Crippen LogP contribution is 2.66. The van der Waals surface area contributed by atoms with E-state index in [4.69, 9.17) is 45.0 Å². The summed E-state index contributed by atoms with van der Waals surface area (Å²) in [6, 6.07) is 0. The lowest BCUT2D eigenvalue weighted by atomic mass is 10.5. The summed E-state index contributed by atoms with van der Waals surface area (Å²) in [6.45, 7) is -2.12. The normalized spacial score (nSPS) is 23.5. The van der Waals surface area contributed by atoms with E-state index in [9.17, 15) is 0 Å². The molecule has 1 aliphatic carbocycles. The fourth-order valence-corrected chi connectivity index (χ4v) is 5.28. The largest absolute Gasteiger partial charge is 0.113 e. The molecular weight excluding hydrogens is 264 g/mol. The fraction of sp³-hybridized carbons (Fsp3) is 0.200. The molecule has 1 aliphatic rings. The highest BCUT2D eigenvalue weighted by Gasteiger charge is 2.25. The molecule has 0 nitrogen and oxygen atoms in total. The van der Waals surface area contributed by atoms with Gasteiger partial charge in [-0.25, -0.2) is 0 Å². The Morgan fingerprint density at radius 2 is 1.82 bits per heavy atom. The zero-order valence-corrected chi connectivity index (χ0v) is 10.0. The molecule has 1 rings (SSSR count). The molecule has 0 saturated carbocycles. The second kappa shape index (κ2) is 4.66. The molecule has 0 aliphatic heterocycles. The van der Waals surface area contributed by atoms with E-state index < -0.39 is 13.3 Å². The highest BCUT2D eigenvalue weighted by atomic mass is 35.9. The van der Waals surface area contributed by atoms with Crippen LogP contribution >= 0.6 is 58.2 Å². The van der Waals surface area contributed by atoms with Gasteiger partial charge in [0.25, 0.3) is 0 Å². The number of hydrogen-bond acceptors (Lipinski definition) is 0. The van der Waals surface area contributed by atoms with E-state index in [0.29, 0.717) is 0 Å². The molecule has 0 amide bonds. The minimum Gasteiger partial charge on any atom is -0.0771 e. The summed E-state index contributed by atoms with van der Waals surface area (Å²) in [4.78, 5) is 0. The molecule has 0 N–H and O–H groups in total. The Kier molecular flexibility index (Phi) is 4.48. The first-order valence-electron chi connectivity index (χ1n) is 2.74. The Balaban J connectivity index is 2.69. The Labute approximate surface area is 87.2 Å². The summed E-state index contributed by atoms with van der Waals surface area (Å²) in [6.07, 6.45) is 5.71. The van der Waals surface area contributed by atoms with Crippen molar-refractivity contribution in [2.24, 2.45) is 0 Å². The third-order valence-corrected chi connectivity index (χ3v) is 5.59. The molecule has 0 bridgehead atoms. The molecule has 0 saturated heterocycles. The van der Waals surface area contributed by atoms with Crippen LogP contribution in [0.4, 0.5) is 0 Å². The van der Waals surface area contributed by atoms with Crippen molar-refractivity contribution in [2.45, 2.75) is 5.66 Å². The summed E-state index contributed by atoms with van der Waals surface area (Å²) < 4.78 is 0. The second-order valence-electron chi connectivity index (χ2n) is 1.91. The van der Waals surface area contributed by atoms with Crippen molar-refractivity contribution in [3.8, 4) is 0 Å². The van der Waals surface area contributed by atoms with E-state index in [-0.39, 0.29) is 5.66 Å². The summed E-state index contributed by atoms with van der Waals surface area (Å²) in [5.41, 5.74) is 0.0643. The van der Waals surface area contributed by atoms with E-state index in [1.807, 2.05) is 18.2 Å². The summed E-state index contributed by atoms with van der Waals surface area (Å²) in [5.74, 6) is 0. The predicted octanol–water partition coefficient (Wildman–Crippen LogP) is 5.39. The molecule has 1 atom stereocenters. The second-order valence-corrected chi connectivity index (χ2v) is 9.22. The number of allylic oxidation sites excluding steroid dienone is 4.